The lowest BCUT2D eigenvalue weighted by Crippen LogP contribution is -2.08. The summed E-state index contributed by atoms with van der Waals surface area (Å²) >= 11 is 0. The molecule has 0 aliphatic carbocycles. The summed E-state index contributed by atoms with van der Waals surface area (Å²) in [6.07, 6.45) is 4.29. The number of hydrogen-bond donors (Lipinski definition) is 0. The van der Waals surface area contributed by atoms with Crippen LogP contribution < -0.4 is 9.47 Å². The molecular weight excluding hydrogens is 370 g/mol. The second-order valence-corrected chi connectivity index (χ2v) is 6.55. The average Bonchev–Trinajstić information content (AvgIpc) is 3.38. The van der Waals surface area contributed by atoms with E-state index in [9.17, 15) is 0 Å². The number of pyridine rings is 1. The van der Waals surface area contributed by atoms with Crippen LogP contribution in [0.5, 0.6) is 11.5 Å². The molecular formula is C21H23N5O3. The van der Waals surface area contributed by atoms with Crippen LogP contribution in [-0.2, 0) is 17.7 Å². The van der Waals surface area contributed by atoms with Crippen molar-refractivity contribution in [3.05, 3.63) is 60.2 Å². The van der Waals surface area contributed by atoms with Gasteiger partial charge in [-0.15, -0.1) is 0 Å². The first-order valence-electron chi connectivity index (χ1n) is 9.29. The van der Waals surface area contributed by atoms with Gasteiger partial charge in [0.25, 0.3) is 0 Å². The lowest BCUT2D eigenvalue weighted by molar-refractivity contribution is 0.184. The van der Waals surface area contributed by atoms with Gasteiger partial charge in [-0.2, -0.15) is 10.2 Å². The van der Waals surface area contributed by atoms with Crippen LogP contribution in [-0.4, -0.2) is 52.3 Å². The highest BCUT2D eigenvalue weighted by Crippen LogP contribution is 2.28. The number of rotatable bonds is 8. The van der Waals surface area contributed by atoms with E-state index in [2.05, 4.69) is 11.2 Å². The monoisotopic (exact) mass is 393 g/mol. The molecule has 0 unspecified atom stereocenters. The van der Waals surface area contributed by atoms with Gasteiger partial charge in [0.15, 0.2) is 23.1 Å². The molecule has 0 fully saturated rings. The average molecular weight is 393 g/mol. The van der Waals surface area contributed by atoms with E-state index in [0.29, 0.717) is 31.1 Å². The number of fused-ring (bicyclic) bond motifs is 1. The van der Waals surface area contributed by atoms with Crippen molar-refractivity contribution in [3.8, 4) is 22.9 Å². The van der Waals surface area contributed by atoms with Gasteiger partial charge in [0.2, 0.25) is 0 Å². The maximum absolute atomic E-state index is 5.40. The molecule has 4 rings (SSSR count). The van der Waals surface area contributed by atoms with Crippen molar-refractivity contribution in [2.45, 2.75) is 13.0 Å². The zero-order valence-electron chi connectivity index (χ0n) is 16.7. The summed E-state index contributed by atoms with van der Waals surface area (Å²) in [6.45, 7) is 1.18. The summed E-state index contributed by atoms with van der Waals surface area (Å²) in [5.41, 5.74) is 3.04. The van der Waals surface area contributed by atoms with Crippen molar-refractivity contribution in [3.63, 3.8) is 0 Å². The second-order valence-electron chi connectivity index (χ2n) is 6.55. The van der Waals surface area contributed by atoms with Gasteiger partial charge < -0.3 is 14.2 Å². The predicted octanol–water partition coefficient (Wildman–Crippen LogP) is 2.85. The van der Waals surface area contributed by atoms with E-state index >= 15 is 0 Å². The predicted molar refractivity (Wildman–Crippen MR) is 108 cm³/mol. The number of hydrogen-bond acceptors (Lipinski definition) is 6. The Morgan fingerprint density at radius 3 is 2.62 bits per heavy atom. The topological polar surface area (TPSA) is 75.7 Å². The highest BCUT2D eigenvalue weighted by molar-refractivity contribution is 5.63. The van der Waals surface area contributed by atoms with E-state index < -0.39 is 0 Å². The molecule has 0 bridgehead atoms. The van der Waals surface area contributed by atoms with E-state index in [0.717, 1.165) is 28.3 Å². The van der Waals surface area contributed by atoms with Crippen LogP contribution in [0.4, 0.5) is 0 Å². The fraction of sp³-hybridized carbons (Fsp3) is 0.286. The maximum Gasteiger partial charge on any atom is 0.161 e. The summed E-state index contributed by atoms with van der Waals surface area (Å²) < 4.78 is 19.7. The summed E-state index contributed by atoms with van der Waals surface area (Å²) in [7, 11) is 4.93. The Morgan fingerprint density at radius 2 is 1.83 bits per heavy atom. The number of aromatic nitrogens is 5. The molecule has 0 atom stereocenters. The maximum atomic E-state index is 5.40. The number of nitrogens with zero attached hydrogens (tertiary/aromatic N) is 5. The minimum Gasteiger partial charge on any atom is -0.493 e. The van der Waals surface area contributed by atoms with Crippen molar-refractivity contribution >= 4 is 5.52 Å². The lowest BCUT2D eigenvalue weighted by atomic mass is 10.1. The molecule has 4 aromatic rings. The van der Waals surface area contributed by atoms with E-state index in [1.807, 2.05) is 45.7 Å². The highest BCUT2D eigenvalue weighted by Gasteiger charge is 2.14. The fourth-order valence-corrected chi connectivity index (χ4v) is 3.25. The molecule has 3 heterocycles. The molecule has 3 aromatic heterocycles. The highest BCUT2D eigenvalue weighted by atomic mass is 16.5. The van der Waals surface area contributed by atoms with Crippen molar-refractivity contribution in [1.82, 2.24) is 24.4 Å². The Balaban J connectivity index is 1.67. The molecule has 0 saturated heterocycles. The van der Waals surface area contributed by atoms with Crippen LogP contribution in [0, 0.1) is 0 Å². The fourth-order valence-electron chi connectivity index (χ4n) is 3.25. The minimum atomic E-state index is 0.557. The molecule has 8 nitrogen and oxygen atoms in total. The van der Waals surface area contributed by atoms with Gasteiger partial charge in [0, 0.05) is 31.5 Å². The first-order chi connectivity index (χ1) is 14.2. The Morgan fingerprint density at radius 1 is 0.966 bits per heavy atom. The van der Waals surface area contributed by atoms with Gasteiger partial charge in [0.1, 0.15) is 0 Å². The number of methoxy groups -OCH3 is 3. The van der Waals surface area contributed by atoms with E-state index in [1.54, 1.807) is 27.5 Å². The molecule has 0 aliphatic rings. The van der Waals surface area contributed by atoms with Crippen LogP contribution >= 0.6 is 0 Å². The van der Waals surface area contributed by atoms with Crippen molar-refractivity contribution in [2.75, 3.05) is 27.9 Å². The standard InChI is InChI=1S/C21H23N5O3/c1-27-11-10-26-21(16-7-9-25-17(14-16)6-8-22-25)23-20(24-26)13-15-4-5-18(28-2)19(12-15)29-3/h4-9,12,14H,10-11,13H2,1-3H3. The first-order valence-corrected chi connectivity index (χ1v) is 9.29. The van der Waals surface area contributed by atoms with Crippen molar-refractivity contribution in [2.24, 2.45) is 0 Å². The normalized spacial score (nSPS) is 11.1. The SMILES string of the molecule is COCCn1nc(Cc2ccc(OC)c(OC)c2)nc1-c1ccn2nccc2c1. The summed E-state index contributed by atoms with van der Waals surface area (Å²) in [5.74, 6) is 2.93. The van der Waals surface area contributed by atoms with Crippen LogP contribution in [0.25, 0.3) is 16.9 Å². The quantitative estimate of drug-likeness (QED) is 0.458. The molecule has 0 radical (unpaired) electrons. The summed E-state index contributed by atoms with van der Waals surface area (Å²) in [4.78, 5) is 4.81. The molecule has 0 amide bonds. The molecule has 29 heavy (non-hydrogen) atoms. The van der Waals surface area contributed by atoms with Crippen molar-refractivity contribution in [1.29, 1.82) is 0 Å². The molecule has 0 aliphatic heterocycles. The number of benzene rings is 1. The third-order valence-electron chi connectivity index (χ3n) is 4.69. The second kappa shape index (κ2) is 8.32. The van der Waals surface area contributed by atoms with E-state index in [1.165, 1.54) is 0 Å². The minimum absolute atomic E-state index is 0.557. The van der Waals surface area contributed by atoms with Gasteiger partial charge in [-0.1, -0.05) is 6.07 Å². The zero-order valence-corrected chi connectivity index (χ0v) is 16.7. The third kappa shape index (κ3) is 3.93. The first kappa shape index (κ1) is 18.9. The Labute approximate surface area is 168 Å². The summed E-state index contributed by atoms with van der Waals surface area (Å²) in [6, 6.07) is 11.9. The van der Waals surface area contributed by atoms with E-state index in [4.69, 9.17) is 24.3 Å². The third-order valence-corrected chi connectivity index (χ3v) is 4.69. The van der Waals surface area contributed by atoms with Crippen LogP contribution in [0.2, 0.25) is 0 Å². The molecule has 150 valence electrons. The largest absolute Gasteiger partial charge is 0.493 e. The zero-order chi connectivity index (χ0) is 20.2. The van der Waals surface area contributed by atoms with Gasteiger partial charge in [-0.05, 0) is 35.9 Å². The van der Waals surface area contributed by atoms with Crippen LogP contribution in [0.15, 0.2) is 48.8 Å². The van der Waals surface area contributed by atoms with Gasteiger partial charge >= 0.3 is 0 Å². The summed E-state index contributed by atoms with van der Waals surface area (Å²) in [5, 5.41) is 8.96. The Kier molecular flexibility index (Phi) is 5.44. The van der Waals surface area contributed by atoms with Gasteiger partial charge in [-0.3, -0.25) is 0 Å². The molecule has 8 heteroatoms. The van der Waals surface area contributed by atoms with Gasteiger partial charge in [0.05, 0.1) is 32.9 Å². The molecule has 0 saturated carbocycles. The molecule has 1 aromatic carbocycles. The Bertz CT molecular complexity index is 1120. The number of ether oxygens (including phenoxy) is 3. The smallest absolute Gasteiger partial charge is 0.161 e. The van der Waals surface area contributed by atoms with Crippen molar-refractivity contribution < 1.29 is 14.2 Å². The molecule has 0 spiro atoms. The van der Waals surface area contributed by atoms with E-state index in [-0.39, 0.29) is 0 Å². The van der Waals surface area contributed by atoms with Crippen LogP contribution in [0.1, 0.15) is 11.4 Å². The molecule has 0 N–H and O–H groups in total. The van der Waals surface area contributed by atoms with Gasteiger partial charge in [-0.25, -0.2) is 14.2 Å². The lowest BCUT2D eigenvalue weighted by Gasteiger charge is -2.08. The Hall–Kier alpha value is -3.39. The van der Waals surface area contributed by atoms with Crippen LogP contribution in [0.3, 0.4) is 0 Å².